The lowest BCUT2D eigenvalue weighted by Gasteiger charge is -2.02. The lowest BCUT2D eigenvalue weighted by atomic mass is 10.0. The second-order valence-corrected chi connectivity index (χ2v) is 2.84. The zero-order valence-electron chi connectivity index (χ0n) is 6.22. The van der Waals surface area contributed by atoms with Gasteiger partial charge in [0, 0.05) is 5.57 Å². The Kier molecular flexibility index (Phi) is 2.10. The predicted octanol–water partition coefficient (Wildman–Crippen LogP) is 1.52. The SMILES string of the molecule is C=C1CC(C)CCOC1=O. The summed E-state index contributed by atoms with van der Waals surface area (Å²) < 4.78 is 4.85. The van der Waals surface area contributed by atoms with Crippen molar-refractivity contribution in [1.82, 2.24) is 0 Å². The minimum absolute atomic E-state index is 0.218. The van der Waals surface area contributed by atoms with Gasteiger partial charge in [-0.15, -0.1) is 0 Å². The molecule has 1 atom stereocenters. The van der Waals surface area contributed by atoms with E-state index in [9.17, 15) is 4.79 Å². The van der Waals surface area contributed by atoms with Crippen LogP contribution in [0.5, 0.6) is 0 Å². The van der Waals surface area contributed by atoms with Crippen molar-refractivity contribution in [2.45, 2.75) is 19.8 Å². The van der Waals surface area contributed by atoms with E-state index < -0.39 is 0 Å². The summed E-state index contributed by atoms with van der Waals surface area (Å²) in [6, 6.07) is 0. The first-order valence-electron chi connectivity index (χ1n) is 3.55. The van der Waals surface area contributed by atoms with Gasteiger partial charge in [0.2, 0.25) is 0 Å². The largest absolute Gasteiger partial charge is 0.462 e. The molecule has 0 saturated carbocycles. The summed E-state index contributed by atoms with van der Waals surface area (Å²) in [4.78, 5) is 10.8. The van der Waals surface area contributed by atoms with Crippen LogP contribution >= 0.6 is 0 Å². The molecule has 0 aliphatic carbocycles. The standard InChI is InChI=1S/C8H12O2/c1-6-3-4-10-8(9)7(2)5-6/h6H,2-5H2,1H3. The Balaban J connectivity index is 2.57. The minimum Gasteiger partial charge on any atom is -0.462 e. The summed E-state index contributed by atoms with van der Waals surface area (Å²) in [5.41, 5.74) is 0.616. The molecule has 1 unspecified atom stereocenters. The van der Waals surface area contributed by atoms with Crippen LogP contribution < -0.4 is 0 Å². The highest BCUT2D eigenvalue weighted by Crippen LogP contribution is 2.18. The molecule has 0 bridgehead atoms. The van der Waals surface area contributed by atoms with E-state index >= 15 is 0 Å². The zero-order chi connectivity index (χ0) is 7.56. The van der Waals surface area contributed by atoms with Crippen molar-refractivity contribution < 1.29 is 9.53 Å². The first kappa shape index (κ1) is 7.32. The van der Waals surface area contributed by atoms with Crippen molar-refractivity contribution >= 4 is 5.97 Å². The first-order chi connectivity index (χ1) is 4.70. The van der Waals surface area contributed by atoms with E-state index in [1.54, 1.807) is 0 Å². The van der Waals surface area contributed by atoms with Crippen LogP contribution in [0.3, 0.4) is 0 Å². The van der Waals surface area contributed by atoms with Gasteiger partial charge in [0.25, 0.3) is 0 Å². The molecule has 0 aromatic carbocycles. The summed E-state index contributed by atoms with van der Waals surface area (Å²) in [7, 11) is 0. The lowest BCUT2D eigenvalue weighted by molar-refractivity contribution is -0.138. The molecule has 2 heteroatoms. The van der Waals surface area contributed by atoms with E-state index in [2.05, 4.69) is 13.5 Å². The topological polar surface area (TPSA) is 26.3 Å². The Hall–Kier alpha value is -0.790. The molecule has 0 aromatic heterocycles. The summed E-state index contributed by atoms with van der Waals surface area (Å²) >= 11 is 0. The highest BCUT2D eigenvalue weighted by molar-refractivity contribution is 5.87. The molecule has 0 spiro atoms. The van der Waals surface area contributed by atoms with Crippen molar-refractivity contribution in [3.8, 4) is 0 Å². The summed E-state index contributed by atoms with van der Waals surface area (Å²) in [6.07, 6.45) is 1.75. The number of esters is 1. The lowest BCUT2D eigenvalue weighted by Crippen LogP contribution is -2.03. The fourth-order valence-electron chi connectivity index (χ4n) is 1.06. The molecule has 1 aliphatic rings. The van der Waals surface area contributed by atoms with Crippen LogP contribution in [0.15, 0.2) is 12.2 Å². The molecule has 0 aromatic rings. The normalized spacial score (nSPS) is 27.5. The maximum absolute atomic E-state index is 10.8. The van der Waals surface area contributed by atoms with Crippen LogP contribution in [0.4, 0.5) is 0 Å². The van der Waals surface area contributed by atoms with Crippen LogP contribution in [-0.4, -0.2) is 12.6 Å². The number of cyclic esters (lactones) is 1. The third kappa shape index (κ3) is 1.59. The Morgan fingerprint density at radius 2 is 2.40 bits per heavy atom. The van der Waals surface area contributed by atoms with Gasteiger partial charge in [-0.1, -0.05) is 13.5 Å². The Labute approximate surface area is 60.9 Å². The van der Waals surface area contributed by atoms with E-state index in [4.69, 9.17) is 4.74 Å². The monoisotopic (exact) mass is 140 g/mol. The van der Waals surface area contributed by atoms with E-state index in [0.29, 0.717) is 18.1 Å². The molecule has 1 heterocycles. The molecule has 2 nitrogen and oxygen atoms in total. The van der Waals surface area contributed by atoms with Crippen molar-refractivity contribution in [3.05, 3.63) is 12.2 Å². The zero-order valence-corrected chi connectivity index (χ0v) is 6.22. The molecular formula is C8H12O2. The van der Waals surface area contributed by atoms with Gasteiger partial charge in [-0.25, -0.2) is 4.79 Å². The Bertz CT molecular complexity index is 161. The van der Waals surface area contributed by atoms with Gasteiger partial charge >= 0.3 is 5.97 Å². The molecule has 0 radical (unpaired) electrons. The Morgan fingerprint density at radius 1 is 1.70 bits per heavy atom. The number of ether oxygens (including phenoxy) is 1. The van der Waals surface area contributed by atoms with Gasteiger partial charge in [0.15, 0.2) is 0 Å². The van der Waals surface area contributed by atoms with Crippen molar-refractivity contribution in [2.75, 3.05) is 6.61 Å². The average Bonchev–Trinajstić information content (AvgIpc) is 1.96. The number of hydrogen-bond donors (Lipinski definition) is 0. The highest BCUT2D eigenvalue weighted by atomic mass is 16.5. The Morgan fingerprint density at radius 3 is 3.10 bits per heavy atom. The molecule has 56 valence electrons. The van der Waals surface area contributed by atoms with Gasteiger partial charge in [0.05, 0.1) is 6.61 Å². The smallest absolute Gasteiger partial charge is 0.333 e. The first-order valence-corrected chi connectivity index (χ1v) is 3.55. The molecule has 10 heavy (non-hydrogen) atoms. The van der Waals surface area contributed by atoms with Gasteiger partial charge in [-0.3, -0.25) is 0 Å². The third-order valence-corrected chi connectivity index (χ3v) is 1.73. The minimum atomic E-state index is -0.218. The maximum Gasteiger partial charge on any atom is 0.333 e. The fraction of sp³-hybridized carbons (Fsp3) is 0.625. The molecule has 1 saturated heterocycles. The quantitative estimate of drug-likeness (QED) is 0.376. The van der Waals surface area contributed by atoms with Crippen LogP contribution in [0, 0.1) is 5.92 Å². The van der Waals surface area contributed by atoms with E-state index in [-0.39, 0.29) is 5.97 Å². The summed E-state index contributed by atoms with van der Waals surface area (Å²) in [6.45, 7) is 6.29. The van der Waals surface area contributed by atoms with Gasteiger partial charge in [-0.2, -0.15) is 0 Å². The molecule has 1 fully saturated rings. The molecular weight excluding hydrogens is 128 g/mol. The molecule has 0 amide bonds. The van der Waals surface area contributed by atoms with Gasteiger partial charge in [-0.05, 0) is 18.8 Å². The molecule has 0 N–H and O–H groups in total. The number of carbonyl (C=O) groups is 1. The summed E-state index contributed by atoms with van der Waals surface area (Å²) in [5, 5.41) is 0. The van der Waals surface area contributed by atoms with E-state index in [1.807, 2.05) is 0 Å². The number of rotatable bonds is 0. The second kappa shape index (κ2) is 2.86. The van der Waals surface area contributed by atoms with Crippen LogP contribution in [-0.2, 0) is 9.53 Å². The van der Waals surface area contributed by atoms with E-state index in [0.717, 1.165) is 12.8 Å². The predicted molar refractivity (Wildman–Crippen MR) is 38.5 cm³/mol. The van der Waals surface area contributed by atoms with Crippen LogP contribution in [0.25, 0.3) is 0 Å². The maximum atomic E-state index is 10.8. The van der Waals surface area contributed by atoms with E-state index in [1.165, 1.54) is 0 Å². The third-order valence-electron chi connectivity index (χ3n) is 1.73. The second-order valence-electron chi connectivity index (χ2n) is 2.84. The molecule has 1 aliphatic heterocycles. The van der Waals surface area contributed by atoms with Crippen molar-refractivity contribution in [2.24, 2.45) is 5.92 Å². The van der Waals surface area contributed by atoms with Gasteiger partial charge < -0.3 is 4.74 Å². The number of hydrogen-bond acceptors (Lipinski definition) is 2. The van der Waals surface area contributed by atoms with Crippen LogP contribution in [0.2, 0.25) is 0 Å². The molecule has 1 rings (SSSR count). The summed E-state index contributed by atoms with van der Waals surface area (Å²) in [5.74, 6) is 0.322. The highest BCUT2D eigenvalue weighted by Gasteiger charge is 2.16. The van der Waals surface area contributed by atoms with Crippen molar-refractivity contribution in [3.63, 3.8) is 0 Å². The van der Waals surface area contributed by atoms with Crippen LogP contribution in [0.1, 0.15) is 19.8 Å². The van der Waals surface area contributed by atoms with Crippen molar-refractivity contribution in [1.29, 1.82) is 0 Å². The van der Waals surface area contributed by atoms with Gasteiger partial charge in [0.1, 0.15) is 0 Å². The fourth-order valence-corrected chi connectivity index (χ4v) is 1.06. The number of carbonyl (C=O) groups excluding carboxylic acids is 1. The average molecular weight is 140 g/mol.